The standard InChI is InChI=1S/C22H25N3O3/c1-17-3-2-4-19(13-17)21(25-9-11-27-12-10-25)15-24-22(26)16-28-20-7-5-18(14-23)6-8-20/h2-8,13,21H,9-12,15-16H2,1H3,(H,24,26). The Morgan fingerprint density at radius 3 is 2.68 bits per heavy atom. The zero-order chi connectivity index (χ0) is 19.8. The molecule has 28 heavy (non-hydrogen) atoms. The highest BCUT2D eigenvalue weighted by Crippen LogP contribution is 2.22. The first kappa shape index (κ1) is 19.9. The van der Waals surface area contributed by atoms with Gasteiger partial charge in [-0.3, -0.25) is 9.69 Å². The summed E-state index contributed by atoms with van der Waals surface area (Å²) >= 11 is 0. The van der Waals surface area contributed by atoms with Gasteiger partial charge in [0.2, 0.25) is 0 Å². The molecule has 6 nitrogen and oxygen atoms in total. The minimum Gasteiger partial charge on any atom is -0.484 e. The molecule has 2 aromatic rings. The molecule has 6 heteroatoms. The summed E-state index contributed by atoms with van der Waals surface area (Å²) in [4.78, 5) is 14.6. The topological polar surface area (TPSA) is 74.6 Å². The molecule has 2 aromatic carbocycles. The number of hydrogen-bond donors (Lipinski definition) is 1. The highest BCUT2D eigenvalue weighted by molar-refractivity contribution is 5.77. The van der Waals surface area contributed by atoms with Crippen LogP contribution in [0.25, 0.3) is 0 Å². The number of carbonyl (C=O) groups excluding carboxylic acids is 1. The van der Waals surface area contributed by atoms with Gasteiger partial charge in [0.25, 0.3) is 5.91 Å². The van der Waals surface area contributed by atoms with Crippen molar-refractivity contribution in [3.05, 3.63) is 65.2 Å². The van der Waals surface area contributed by atoms with Crippen LogP contribution in [0.1, 0.15) is 22.7 Å². The molecule has 0 aliphatic carbocycles. The van der Waals surface area contributed by atoms with Gasteiger partial charge < -0.3 is 14.8 Å². The summed E-state index contributed by atoms with van der Waals surface area (Å²) in [6.07, 6.45) is 0. The molecule has 1 saturated heterocycles. The molecule has 0 aromatic heterocycles. The fraction of sp³-hybridized carbons (Fsp3) is 0.364. The highest BCUT2D eigenvalue weighted by Gasteiger charge is 2.23. The third-order valence-electron chi connectivity index (χ3n) is 4.76. The molecule has 1 heterocycles. The van der Waals surface area contributed by atoms with Gasteiger partial charge in [0.1, 0.15) is 5.75 Å². The average Bonchev–Trinajstić information content (AvgIpc) is 2.73. The lowest BCUT2D eigenvalue weighted by Gasteiger charge is -2.35. The van der Waals surface area contributed by atoms with Crippen LogP contribution in [0.15, 0.2) is 48.5 Å². The van der Waals surface area contributed by atoms with Crippen molar-refractivity contribution in [2.45, 2.75) is 13.0 Å². The number of ether oxygens (including phenoxy) is 2. The summed E-state index contributed by atoms with van der Waals surface area (Å²) in [5, 5.41) is 11.8. The minimum absolute atomic E-state index is 0.0600. The smallest absolute Gasteiger partial charge is 0.258 e. The van der Waals surface area contributed by atoms with Gasteiger partial charge in [0.15, 0.2) is 6.61 Å². The fourth-order valence-electron chi connectivity index (χ4n) is 3.26. The Hall–Kier alpha value is -2.88. The first-order chi connectivity index (χ1) is 13.7. The second kappa shape index (κ2) is 9.88. The molecular weight excluding hydrogens is 354 g/mol. The number of nitrogens with one attached hydrogen (secondary N) is 1. The number of hydrogen-bond acceptors (Lipinski definition) is 5. The zero-order valence-corrected chi connectivity index (χ0v) is 16.1. The van der Waals surface area contributed by atoms with Crippen LogP contribution >= 0.6 is 0 Å². The van der Waals surface area contributed by atoms with Crippen LogP contribution in [0.2, 0.25) is 0 Å². The number of benzene rings is 2. The van der Waals surface area contributed by atoms with Crippen LogP contribution in [0, 0.1) is 18.3 Å². The number of nitriles is 1. The first-order valence-electron chi connectivity index (χ1n) is 9.44. The number of rotatable bonds is 7. The quantitative estimate of drug-likeness (QED) is 0.800. The van der Waals surface area contributed by atoms with E-state index in [0.29, 0.717) is 31.1 Å². The number of carbonyl (C=O) groups is 1. The Bertz CT molecular complexity index is 824. The Kier molecular flexibility index (Phi) is 7.01. The molecule has 146 valence electrons. The Morgan fingerprint density at radius 2 is 2.00 bits per heavy atom. The maximum absolute atomic E-state index is 12.3. The number of nitrogens with zero attached hydrogens (tertiary/aromatic N) is 2. The Balaban J connectivity index is 1.57. The lowest BCUT2D eigenvalue weighted by atomic mass is 10.0. The van der Waals surface area contributed by atoms with Crippen molar-refractivity contribution >= 4 is 5.91 Å². The van der Waals surface area contributed by atoms with Gasteiger partial charge in [-0.15, -0.1) is 0 Å². The van der Waals surface area contributed by atoms with Crippen molar-refractivity contribution in [1.29, 1.82) is 5.26 Å². The first-order valence-corrected chi connectivity index (χ1v) is 9.44. The molecule has 1 aliphatic rings. The predicted molar refractivity (Wildman–Crippen MR) is 106 cm³/mol. The predicted octanol–water partition coefficient (Wildman–Crippen LogP) is 2.44. The van der Waals surface area contributed by atoms with E-state index in [1.165, 1.54) is 11.1 Å². The SMILES string of the molecule is Cc1cccc(C(CNC(=O)COc2ccc(C#N)cc2)N2CCOCC2)c1. The van der Waals surface area contributed by atoms with Gasteiger partial charge in [0, 0.05) is 19.6 Å². The lowest BCUT2D eigenvalue weighted by Crippen LogP contribution is -2.44. The van der Waals surface area contributed by atoms with Gasteiger partial charge in [-0.25, -0.2) is 0 Å². The molecule has 3 rings (SSSR count). The summed E-state index contributed by atoms with van der Waals surface area (Å²) in [5.41, 5.74) is 2.95. The van der Waals surface area contributed by atoms with Crippen LogP contribution in [0.5, 0.6) is 5.75 Å². The van der Waals surface area contributed by atoms with Crippen LogP contribution < -0.4 is 10.1 Å². The van der Waals surface area contributed by atoms with Crippen molar-refractivity contribution in [2.75, 3.05) is 39.5 Å². The summed E-state index contributed by atoms with van der Waals surface area (Å²) < 4.78 is 11.0. The molecule has 0 spiro atoms. The van der Waals surface area contributed by atoms with E-state index in [0.717, 1.165) is 13.1 Å². The molecule has 0 bridgehead atoms. The lowest BCUT2D eigenvalue weighted by molar-refractivity contribution is -0.123. The monoisotopic (exact) mass is 379 g/mol. The molecule has 1 fully saturated rings. The van der Waals surface area contributed by atoms with E-state index in [1.807, 2.05) is 6.07 Å². The summed E-state index contributed by atoms with van der Waals surface area (Å²) in [6.45, 7) is 5.63. The van der Waals surface area contributed by atoms with Gasteiger partial charge in [-0.05, 0) is 36.8 Å². The van der Waals surface area contributed by atoms with Gasteiger partial charge in [0.05, 0.1) is 30.9 Å². The largest absolute Gasteiger partial charge is 0.484 e. The maximum atomic E-state index is 12.3. The normalized spacial score (nSPS) is 15.4. The van der Waals surface area contributed by atoms with E-state index in [1.54, 1.807) is 24.3 Å². The summed E-state index contributed by atoms with van der Waals surface area (Å²) in [5.74, 6) is 0.396. The third-order valence-corrected chi connectivity index (χ3v) is 4.76. The van der Waals surface area contributed by atoms with E-state index < -0.39 is 0 Å². The van der Waals surface area contributed by atoms with Gasteiger partial charge in [-0.1, -0.05) is 29.8 Å². The van der Waals surface area contributed by atoms with Gasteiger partial charge >= 0.3 is 0 Å². The van der Waals surface area contributed by atoms with Crippen molar-refractivity contribution in [3.63, 3.8) is 0 Å². The second-order valence-electron chi connectivity index (χ2n) is 6.81. The van der Waals surface area contributed by atoms with Crippen LogP contribution in [-0.4, -0.2) is 50.3 Å². The highest BCUT2D eigenvalue weighted by atomic mass is 16.5. The number of aryl methyl sites for hydroxylation is 1. The number of morpholine rings is 1. The second-order valence-corrected chi connectivity index (χ2v) is 6.81. The fourth-order valence-corrected chi connectivity index (χ4v) is 3.26. The van der Waals surface area contributed by atoms with Crippen LogP contribution in [0.3, 0.4) is 0 Å². The van der Waals surface area contributed by atoms with Crippen molar-refractivity contribution < 1.29 is 14.3 Å². The zero-order valence-electron chi connectivity index (χ0n) is 16.1. The molecular formula is C22H25N3O3. The molecule has 1 N–H and O–H groups in total. The van der Waals surface area contributed by atoms with E-state index in [9.17, 15) is 4.79 Å². The van der Waals surface area contributed by atoms with Crippen LogP contribution in [0.4, 0.5) is 0 Å². The molecule has 1 amide bonds. The Labute approximate surface area is 165 Å². The molecule has 0 radical (unpaired) electrons. The van der Waals surface area contributed by atoms with Crippen molar-refractivity contribution in [3.8, 4) is 11.8 Å². The maximum Gasteiger partial charge on any atom is 0.258 e. The van der Waals surface area contributed by atoms with E-state index in [4.69, 9.17) is 14.7 Å². The van der Waals surface area contributed by atoms with Gasteiger partial charge in [-0.2, -0.15) is 5.26 Å². The molecule has 1 atom stereocenters. The van der Waals surface area contributed by atoms with Crippen molar-refractivity contribution in [2.24, 2.45) is 0 Å². The van der Waals surface area contributed by atoms with Crippen molar-refractivity contribution in [1.82, 2.24) is 10.2 Å². The van der Waals surface area contributed by atoms with E-state index in [-0.39, 0.29) is 18.6 Å². The minimum atomic E-state index is -0.171. The van der Waals surface area contributed by atoms with E-state index >= 15 is 0 Å². The average molecular weight is 379 g/mol. The summed E-state index contributed by atoms with van der Waals surface area (Å²) in [7, 11) is 0. The molecule has 1 aliphatic heterocycles. The van der Waals surface area contributed by atoms with E-state index in [2.05, 4.69) is 41.4 Å². The molecule has 0 saturated carbocycles. The third kappa shape index (κ3) is 5.56. The number of amides is 1. The Morgan fingerprint density at radius 1 is 1.25 bits per heavy atom. The summed E-state index contributed by atoms with van der Waals surface area (Å²) in [6, 6.07) is 17.3. The molecule has 1 unspecified atom stereocenters. The van der Waals surface area contributed by atoms with Crippen LogP contribution in [-0.2, 0) is 9.53 Å².